The minimum absolute atomic E-state index is 0.236. The van der Waals surface area contributed by atoms with Gasteiger partial charge in [-0.3, -0.25) is 0 Å². The fourth-order valence-electron chi connectivity index (χ4n) is 3.02. The molecule has 0 saturated carbocycles. The van der Waals surface area contributed by atoms with Gasteiger partial charge < -0.3 is 19.7 Å². The lowest BCUT2D eigenvalue weighted by Crippen LogP contribution is -2.34. The molecule has 29 heavy (non-hydrogen) atoms. The van der Waals surface area contributed by atoms with Crippen LogP contribution < -0.4 is 10.1 Å². The number of hydrogen-bond acceptors (Lipinski definition) is 5. The molecule has 0 bridgehead atoms. The second-order valence-electron chi connectivity index (χ2n) is 6.67. The average molecular weight is 435 g/mol. The highest BCUT2D eigenvalue weighted by Crippen LogP contribution is 2.40. The van der Waals surface area contributed by atoms with E-state index in [2.05, 4.69) is 10.5 Å². The number of nitrogens with one attached hydrogen (secondary N) is 1. The number of aromatic nitrogens is 1. The van der Waals surface area contributed by atoms with Crippen molar-refractivity contribution in [3.8, 4) is 16.9 Å². The zero-order valence-corrected chi connectivity index (χ0v) is 16.9. The first-order valence-electron chi connectivity index (χ1n) is 8.91. The molecule has 2 heterocycles. The molecule has 1 fully saturated rings. The lowest BCUT2D eigenvalue weighted by molar-refractivity contribution is -0.192. The zero-order chi connectivity index (χ0) is 21.8. The summed E-state index contributed by atoms with van der Waals surface area (Å²) in [5.74, 6) is -1.08. The van der Waals surface area contributed by atoms with Gasteiger partial charge in [0.2, 0.25) is 0 Å². The van der Waals surface area contributed by atoms with E-state index in [1.807, 2.05) is 32.9 Å². The number of carboxylic acids is 1. The summed E-state index contributed by atoms with van der Waals surface area (Å²) in [4.78, 5) is 8.90. The molecule has 10 heteroatoms. The molecule has 1 saturated heterocycles. The molecule has 1 aliphatic rings. The Bertz CT molecular complexity index is 842. The van der Waals surface area contributed by atoms with Gasteiger partial charge in [0, 0.05) is 10.6 Å². The van der Waals surface area contributed by atoms with Crippen LogP contribution in [0.1, 0.15) is 29.9 Å². The van der Waals surface area contributed by atoms with Gasteiger partial charge in [-0.05, 0) is 64.4 Å². The minimum Gasteiger partial charge on any atom is -0.489 e. The number of carboxylic acid groups (broad SMARTS) is 1. The number of halogens is 4. The Kier molecular flexibility index (Phi) is 7.54. The third kappa shape index (κ3) is 6.11. The van der Waals surface area contributed by atoms with Gasteiger partial charge in [0.1, 0.15) is 17.6 Å². The van der Waals surface area contributed by atoms with E-state index < -0.39 is 12.1 Å². The smallest absolute Gasteiger partial charge is 0.489 e. The van der Waals surface area contributed by atoms with Crippen molar-refractivity contribution in [3.63, 3.8) is 0 Å². The van der Waals surface area contributed by atoms with Crippen molar-refractivity contribution in [1.82, 2.24) is 10.5 Å². The number of nitrogens with zero attached hydrogens (tertiary/aromatic N) is 1. The second-order valence-corrected chi connectivity index (χ2v) is 7.11. The van der Waals surface area contributed by atoms with Gasteiger partial charge in [-0.1, -0.05) is 16.8 Å². The first-order chi connectivity index (χ1) is 13.5. The van der Waals surface area contributed by atoms with Crippen LogP contribution in [0.3, 0.4) is 0 Å². The number of ether oxygens (including phenoxy) is 1. The van der Waals surface area contributed by atoms with Crippen LogP contribution >= 0.6 is 11.6 Å². The summed E-state index contributed by atoms with van der Waals surface area (Å²) >= 11 is 6.27. The first-order valence-corrected chi connectivity index (χ1v) is 9.29. The molecule has 1 aromatic carbocycles. The Morgan fingerprint density at radius 1 is 1.28 bits per heavy atom. The van der Waals surface area contributed by atoms with Gasteiger partial charge >= 0.3 is 12.1 Å². The number of hydrogen-bond donors (Lipinski definition) is 2. The highest BCUT2D eigenvalue weighted by Gasteiger charge is 2.38. The molecule has 2 N–H and O–H groups in total. The minimum atomic E-state index is -5.08. The monoisotopic (exact) mass is 434 g/mol. The molecular formula is C19H22ClF3N2O4. The number of alkyl halides is 3. The number of aryl methyl sites for hydroxylation is 3. The molecule has 3 rings (SSSR count). The third-order valence-electron chi connectivity index (χ3n) is 4.36. The predicted molar refractivity (Wildman–Crippen MR) is 101 cm³/mol. The summed E-state index contributed by atoms with van der Waals surface area (Å²) in [6, 6.07) is 3.89. The summed E-state index contributed by atoms with van der Waals surface area (Å²) in [6.07, 6.45) is -2.81. The molecule has 0 unspecified atom stereocenters. The van der Waals surface area contributed by atoms with Gasteiger partial charge in [-0.25, -0.2) is 4.79 Å². The van der Waals surface area contributed by atoms with E-state index >= 15 is 0 Å². The van der Waals surface area contributed by atoms with E-state index in [1.165, 1.54) is 0 Å². The summed E-state index contributed by atoms with van der Waals surface area (Å²) in [7, 11) is 0. The molecule has 160 valence electrons. The summed E-state index contributed by atoms with van der Waals surface area (Å²) in [6.45, 7) is 7.89. The number of benzene rings is 1. The highest BCUT2D eigenvalue weighted by atomic mass is 35.5. The van der Waals surface area contributed by atoms with Crippen molar-refractivity contribution in [1.29, 1.82) is 0 Å². The largest absolute Gasteiger partial charge is 0.490 e. The van der Waals surface area contributed by atoms with Crippen molar-refractivity contribution < 1.29 is 32.3 Å². The molecule has 6 nitrogen and oxygen atoms in total. The van der Waals surface area contributed by atoms with Crippen molar-refractivity contribution in [2.24, 2.45) is 0 Å². The zero-order valence-electron chi connectivity index (χ0n) is 16.2. The van der Waals surface area contributed by atoms with Crippen LogP contribution in [-0.4, -0.2) is 41.6 Å². The predicted octanol–water partition coefficient (Wildman–Crippen LogP) is 4.68. The maximum Gasteiger partial charge on any atom is 0.490 e. The van der Waals surface area contributed by atoms with Crippen LogP contribution in [0.5, 0.6) is 5.75 Å². The van der Waals surface area contributed by atoms with Crippen molar-refractivity contribution in [2.45, 2.75) is 45.9 Å². The van der Waals surface area contributed by atoms with Crippen molar-refractivity contribution >= 4 is 17.6 Å². The van der Waals surface area contributed by atoms with Crippen LogP contribution in [0.2, 0.25) is 5.02 Å². The van der Waals surface area contributed by atoms with E-state index in [0.29, 0.717) is 5.02 Å². The lowest BCUT2D eigenvalue weighted by Gasteiger charge is -2.26. The Labute approximate surface area is 171 Å². The standard InChI is InChI=1S/C17H21ClN2O2.C2HF3O2/c1-10-8-13(18)9-15(16-11(2)20-22-12(16)3)17(10)21-14-4-6-19-7-5-14;3-2(4,5)1(6)7/h8-9,14,19H,4-7H2,1-3H3;(H,6,7). The molecule has 0 radical (unpaired) electrons. The summed E-state index contributed by atoms with van der Waals surface area (Å²) in [5, 5.41) is 15.2. The Hall–Kier alpha value is -2.26. The fourth-order valence-corrected chi connectivity index (χ4v) is 3.29. The first kappa shape index (κ1) is 23.0. The molecule has 0 atom stereocenters. The normalized spacial score (nSPS) is 14.9. The molecule has 0 spiro atoms. The van der Waals surface area contributed by atoms with Crippen LogP contribution in [-0.2, 0) is 4.79 Å². The van der Waals surface area contributed by atoms with Gasteiger partial charge in [-0.2, -0.15) is 13.2 Å². The summed E-state index contributed by atoms with van der Waals surface area (Å²) < 4.78 is 43.4. The van der Waals surface area contributed by atoms with Gasteiger partial charge in [0.15, 0.2) is 0 Å². The fraction of sp³-hybridized carbons (Fsp3) is 0.474. The van der Waals surface area contributed by atoms with E-state index in [4.69, 9.17) is 30.8 Å². The maximum absolute atomic E-state index is 10.6. The summed E-state index contributed by atoms with van der Waals surface area (Å²) in [5.41, 5.74) is 3.85. The lowest BCUT2D eigenvalue weighted by atomic mass is 10.00. The SMILES string of the molecule is Cc1cc(Cl)cc(-c2c(C)noc2C)c1OC1CCNCC1.O=C(O)C(F)(F)F. The molecule has 1 aromatic heterocycles. The van der Waals surface area contributed by atoms with Crippen molar-refractivity contribution in [3.05, 3.63) is 34.2 Å². The number of piperidine rings is 1. The highest BCUT2D eigenvalue weighted by molar-refractivity contribution is 6.31. The molecule has 2 aromatic rings. The molecule has 1 aliphatic heterocycles. The van der Waals surface area contributed by atoms with Crippen molar-refractivity contribution in [2.75, 3.05) is 13.1 Å². The molecule has 0 aliphatic carbocycles. The van der Waals surface area contributed by atoms with E-state index in [-0.39, 0.29) is 6.10 Å². The third-order valence-corrected chi connectivity index (χ3v) is 4.57. The Morgan fingerprint density at radius 3 is 2.34 bits per heavy atom. The quantitative estimate of drug-likeness (QED) is 0.729. The number of carbonyl (C=O) groups is 1. The molecular weight excluding hydrogens is 413 g/mol. The van der Waals surface area contributed by atoms with Gasteiger partial charge in [0.25, 0.3) is 0 Å². The van der Waals surface area contributed by atoms with E-state index in [9.17, 15) is 13.2 Å². The number of rotatable bonds is 3. The van der Waals surface area contributed by atoms with E-state index in [0.717, 1.165) is 59.8 Å². The van der Waals surface area contributed by atoms with E-state index in [1.54, 1.807) is 0 Å². The molecule has 0 amide bonds. The van der Waals surface area contributed by atoms with Crippen LogP contribution in [0.25, 0.3) is 11.1 Å². The topological polar surface area (TPSA) is 84.6 Å². The van der Waals surface area contributed by atoms with Crippen LogP contribution in [0, 0.1) is 20.8 Å². The second kappa shape index (κ2) is 9.49. The van der Waals surface area contributed by atoms with Gasteiger partial charge in [0.05, 0.1) is 11.3 Å². The van der Waals surface area contributed by atoms with Crippen LogP contribution in [0.15, 0.2) is 16.7 Å². The Balaban J connectivity index is 0.000000370. The number of aliphatic carboxylic acids is 1. The van der Waals surface area contributed by atoms with Gasteiger partial charge in [-0.15, -0.1) is 0 Å². The maximum atomic E-state index is 10.6. The van der Waals surface area contributed by atoms with Crippen LogP contribution in [0.4, 0.5) is 13.2 Å². The average Bonchev–Trinajstić information content (AvgIpc) is 2.96. The Morgan fingerprint density at radius 2 is 1.86 bits per heavy atom.